The molecule has 0 aliphatic heterocycles. The van der Waals surface area contributed by atoms with E-state index in [9.17, 15) is 5.11 Å². The first-order valence-corrected chi connectivity index (χ1v) is 7.36. The highest BCUT2D eigenvalue weighted by Gasteiger charge is 2.23. The molecule has 110 valence electrons. The number of anilines is 1. The minimum Gasteiger partial charge on any atom is -0.392 e. The maximum Gasteiger partial charge on any atom is 0.369 e. The molecular weight excluding hydrogens is 274 g/mol. The number of aromatic nitrogens is 2. The van der Waals surface area contributed by atoms with Crippen molar-refractivity contribution in [3.8, 4) is 0 Å². The number of aliphatic hydroxyl groups is 1. The molecule has 0 fully saturated rings. The maximum absolute atomic E-state index is 9.76. The Morgan fingerprint density at radius 2 is 1.82 bits per heavy atom. The van der Waals surface area contributed by atoms with Crippen LogP contribution in [0.25, 0.3) is 21.9 Å². The second-order valence-electron chi connectivity index (χ2n) is 5.72. The normalized spacial score (nSPS) is 11.6. The zero-order valence-corrected chi connectivity index (χ0v) is 12.7. The molecule has 0 saturated carbocycles. The van der Waals surface area contributed by atoms with Crippen LogP contribution in [0.1, 0.15) is 5.56 Å². The Balaban J connectivity index is 2.35. The summed E-state index contributed by atoms with van der Waals surface area (Å²) < 4.78 is 4.44. The van der Waals surface area contributed by atoms with Crippen LogP contribution in [0, 0.1) is 0 Å². The van der Waals surface area contributed by atoms with Gasteiger partial charge in [-0.1, -0.05) is 24.3 Å². The third-order valence-electron chi connectivity index (χ3n) is 4.15. The molecular formula is C18H18N3O+. The first kappa shape index (κ1) is 13.1. The van der Waals surface area contributed by atoms with Gasteiger partial charge in [-0.2, -0.15) is 4.40 Å². The Morgan fingerprint density at radius 3 is 2.59 bits per heavy atom. The number of rotatable bonds is 2. The number of hydrogen-bond acceptors (Lipinski definition) is 2. The summed E-state index contributed by atoms with van der Waals surface area (Å²) in [5, 5.41) is 10.8. The van der Waals surface area contributed by atoms with Gasteiger partial charge in [-0.25, -0.2) is 4.40 Å². The monoisotopic (exact) mass is 292 g/mol. The molecule has 0 aliphatic carbocycles. The maximum atomic E-state index is 9.76. The van der Waals surface area contributed by atoms with Crippen molar-refractivity contribution in [2.24, 2.45) is 0 Å². The molecule has 0 spiro atoms. The minimum absolute atomic E-state index is 0.0402. The fraction of sp³-hybridized carbons (Fsp3) is 0.167. The molecule has 1 N–H and O–H groups in total. The van der Waals surface area contributed by atoms with Gasteiger partial charge in [0.05, 0.1) is 26.9 Å². The van der Waals surface area contributed by atoms with Gasteiger partial charge in [-0.3, -0.25) is 4.90 Å². The zero-order valence-electron chi connectivity index (χ0n) is 12.7. The molecule has 0 aliphatic rings. The molecule has 22 heavy (non-hydrogen) atoms. The summed E-state index contributed by atoms with van der Waals surface area (Å²) >= 11 is 0. The van der Waals surface area contributed by atoms with Crippen molar-refractivity contribution in [2.45, 2.75) is 6.61 Å². The van der Waals surface area contributed by atoms with Gasteiger partial charge in [0.2, 0.25) is 0 Å². The number of para-hydroxylation sites is 1. The fourth-order valence-corrected chi connectivity index (χ4v) is 3.26. The lowest BCUT2D eigenvalue weighted by atomic mass is 10.1. The van der Waals surface area contributed by atoms with Gasteiger partial charge in [-0.05, 0) is 29.8 Å². The Hall–Kier alpha value is -2.59. The van der Waals surface area contributed by atoms with Gasteiger partial charge in [-0.15, -0.1) is 0 Å². The van der Waals surface area contributed by atoms with Crippen LogP contribution < -0.4 is 9.30 Å². The average Bonchev–Trinajstić information content (AvgIpc) is 2.89. The molecule has 1 aromatic carbocycles. The third kappa shape index (κ3) is 1.64. The van der Waals surface area contributed by atoms with Gasteiger partial charge >= 0.3 is 5.95 Å². The summed E-state index contributed by atoms with van der Waals surface area (Å²) in [7, 11) is 4.10. The van der Waals surface area contributed by atoms with Crippen LogP contribution in [0.2, 0.25) is 0 Å². The summed E-state index contributed by atoms with van der Waals surface area (Å²) in [6.45, 7) is 0.0402. The molecule has 4 aromatic rings. The van der Waals surface area contributed by atoms with Crippen LogP contribution >= 0.6 is 0 Å². The number of aliphatic hydroxyl groups excluding tert-OH is 1. The highest BCUT2D eigenvalue weighted by atomic mass is 16.3. The van der Waals surface area contributed by atoms with Gasteiger partial charge in [0.1, 0.15) is 16.6 Å². The summed E-state index contributed by atoms with van der Waals surface area (Å²) in [5.41, 5.74) is 4.30. The van der Waals surface area contributed by atoms with E-state index in [1.807, 2.05) is 24.3 Å². The first-order valence-electron chi connectivity index (χ1n) is 7.36. The molecule has 4 nitrogen and oxygen atoms in total. The molecule has 0 amide bonds. The predicted molar refractivity (Wildman–Crippen MR) is 88.3 cm³/mol. The third-order valence-corrected chi connectivity index (χ3v) is 4.15. The summed E-state index contributed by atoms with van der Waals surface area (Å²) in [4.78, 5) is 2.12. The lowest BCUT2D eigenvalue weighted by molar-refractivity contribution is -0.497. The Kier molecular flexibility index (Phi) is 2.81. The van der Waals surface area contributed by atoms with Crippen molar-refractivity contribution >= 4 is 27.9 Å². The highest BCUT2D eigenvalue weighted by Crippen LogP contribution is 2.27. The van der Waals surface area contributed by atoms with E-state index < -0.39 is 0 Å². The van der Waals surface area contributed by atoms with E-state index in [2.05, 4.69) is 58.3 Å². The summed E-state index contributed by atoms with van der Waals surface area (Å²) in [6, 6.07) is 16.5. The standard InChI is InChI=1S/C18H18N3O/c1-19(2)18-20-10-6-5-9-16(20)17-11-13(12-22)14-7-3-4-8-15(14)21(17)18/h3-11,22H,12H2,1-2H3/q+1. The van der Waals surface area contributed by atoms with Gasteiger partial charge in [0.25, 0.3) is 0 Å². The summed E-state index contributed by atoms with van der Waals surface area (Å²) in [6.07, 6.45) is 2.07. The molecule has 0 unspecified atom stereocenters. The molecule has 4 heteroatoms. The molecule has 0 atom stereocenters. The minimum atomic E-state index is 0.0402. The highest BCUT2D eigenvalue weighted by molar-refractivity contribution is 5.91. The molecule has 3 aromatic heterocycles. The van der Waals surface area contributed by atoms with Crippen molar-refractivity contribution in [1.29, 1.82) is 0 Å². The van der Waals surface area contributed by atoms with E-state index in [-0.39, 0.29) is 6.61 Å². The van der Waals surface area contributed by atoms with Crippen LogP contribution in [-0.4, -0.2) is 23.6 Å². The van der Waals surface area contributed by atoms with E-state index >= 15 is 0 Å². The number of imidazole rings is 1. The van der Waals surface area contributed by atoms with Gasteiger partial charge in [0, 0.05) is 5.39 Å². The van der Waals surface area contributed by atoms with Crippen LogP contribution in [0.4, 0.5) is 5.95 Å². The van der Waals surface area contributed by atoms with E-state index in [1.54, 1.807) is 0 Å². The predicted octanol–water partition coefficient (Wildman–Crippen LogP) is 2.39. The summed E-state index contributed by atoms with van der Waals surface area (Å²) in [5.74, 6) is 1.09. The SMILES string of the molecule is CN(C)c1n2c3ccccc3c(CO)cc2c2cccc[n+]12. The smallest absolute Gasteiger partial charge is 0.369 e. The van der Waals surface area contributed by atoms with Crippen molar-refractivity contribution in [1.82, 2.24) is 4.40 Å². The van der Waals surface area contributed by atoms with Gasteiger partial charge in [0.15, 0.2) is 0 Å². The number of hydrogen-bond donors (Lipinski definition) is 1. The largest absolute Gasteiger partial charge is 0.392 e. The second kappa shape index (κ2) is 4.71. The molecule has 3 heterocycles. The van der Waals surface area contributed by atoms with E-state index in [4.69, 9.17) is 0 Å². The lowest BCUT2D eigenvalue weighted by Crippen LogP contribution is -2.29. The van der Waals surface area contributed by atoms with Crippen LogP contribution in [0.5, 0.6) is 0 Å². The van der Waals surface area contributed by atoms with E-state index in [1.165, 1.54) is 0 Å². The number of nitrogens with zero attached hydrogens (tertiary/aromatic N) is 3. The molecule has 0 radical (unpaired) electrons. The van der Waals surface area contributed by atoms with Crippen LogP contribution in [0.15, 0.2) is 54.7 Å². The number of fused-ring (bicyclic) bond motifs is 5. The van der Waals surface area contributed by atoms with E-state index in [0.29, 0.717) is 0 Å². The Labute approximate surface area is 128 Å². The van der Waals surface area contributed by atoms with Crippen LogP contribution in [-0.2, 0) is 6.61 Å². The van der Waals surface area contributed by atoms with Gasteiger partial charge < -0.3 is 5.11 Å². The Bertz CT molecular complexity index is 1000. The second-order valence-corrected chi connectivity index (χ2v) is 5.72. The number of pyridine rings is 2. The van der Waals surface area contributed by atoms with E-state index in [0.717, 1.165) is 33.4 Å². The molecule has 4 rings (SSSR count). The Morgan fingerprint density at radius 1 is 1.05 bits per heavy atom. The lowest BCUT2D eigenvalue weighted by Gasteiger charge is -2.08. The topological polar surface area (TPSA) is 32.0 Å². The quantitative estimate of drug-likeness (QED) is 0.575. The fourth-order valence-electron chi connectivity index (χ4n) is 3.26. The van der Waals surface area contributed by atoms with Crippen molar-refractivity contribution < 1.29 is 9.51 Å². The zero-order chi connectivity index (χ0) is 15.3. The van der Waals surface area contributed by atoms with Crippen molar-refractivity contribution in [3.63, 3.8) is 0 Å². The first-order chi connectivity index (χ1) is 10.7. The average molecular weight is 292 g/mol. The molecule has 0 saturated heterocycles. The van der Waals surface area contributed by atoms with Crippen LogP contribution in [0.3, 0.4) is 0 Å². The molecule has 0 bridgehead atoms. The van der Waals surface area contributed by atoms with Crippen molar-refractivity contribution in [2.75, 3.05) is 19.0 Å². The number of benzene rings is 1. The van der Waals surface area contributed by atoms with Crippen molar-refractivity contribution in [3.05, 3.63) is 60.3 Å².